The van der Waals surface area contributed by atoms with Gasteiger partial charge in [-0.3, -0.25) is 9.59 Å². The third kappa shape index (κ3) is 4.20. The van der Waals surface area contributed by atoms with E-state index in [9.17, 15) is 14.7 Å². The lowest BCUT2D eigenvalue weighted by atomic mass is 9.88. The molecule has 1 atom stereocenters. The summed E-state index contributed by atoms with van der Waals surface area (Å²) < 4.78 is 5.71. The Morgan fingerprint density at radius 1 is 1.03 bits per heavy atom. The molecule has 0 spiro atoms. The van der Waals surface area contributed by atoms with Gasteiger partial charge in [-0.25, -0.2) is 0 Å². The van der Waals surface area contributed by atoms with Crippen molar-refractivity contribution < 1.29 is 19.4 Å². The summed E-state index contributed by atoms with van der Waals surface area (Å²) in [7, 11) is 0. The first-order valence-corrected chi connectivity index (χ1v) is 10.4. The molecule has 0 saturated carbocycles. The van der Waals surface area contributed by atoms with Gasteiger partial charge in [0.15, 0.2) is 11.4 Å². The van der Waals surface area contributed by atoms with E-state index in [2.05, 4.69) is 0 Å². The monoisotopic (exact) mass is 435 g/mol. The number of aryl methyl sites for hydroxylation is 1. The van der Waals surface area contributed by atoms with Crippen molar-refractivity contribution in [2.45, 2.75) is 18.9 Å². The molecule has 0 aliphatic carbocycles. The molecule has 0 radical (unpaired) electrons. The number of carbonyl (C=O) groups is 2. The number of para-hydroxylation sites is 1. The van der Waals surface area contributed by atoms with Crippen molar-refractivity contribution in [3.63, 3.8) is 0 Å². The maximum absolute atomic E-state index is 13.2. The van der Waals surface area contributed by atoms with Crippen molar-refractivity contribution in [2.75, 3.05) is 18.1 Å². The topological polar surface area (TPSA) is 66.8 Å². The van der Waals surface area contributed by atoms with Crippen LogP contribution in [-0.2, 0) is 10.4 Å². The van der Waals surface area contributed by atoms with E-state index in [0.717, 1.165) is 5.56 Å². The Balaban J connectivity index is 1.52. The van der Waals surface area contributed by atoms with Gasteiger partial charge in [0.05, 0.1) is 18.7 Å². The number of anilines is 1. The molecule has 4 rings (SSSR count). The highest BCUT2D eigenvalue weighted by atomic mass is 35.5. The summed E-state index contributed by atoms with van der Waals surface area (Å²) in [4.78, 5) is 27.6. The fraction of sp³-hybridized carbons (Fsp3) is 0.200. The van der Waals surface area contributed by atoms with Crippen LogP contribution in [0.3, 0.4) is 0 Å². The number of fused-ring (bicyclic) bond motifs is 1. The van der Waals surface area contributed by atoms with E-state index in [1.807, 2.05) is 19.1 Å². The van der Waals surface area contributed by atoms with Gasteiger partial charge in [0.2, 0.25) is 0 Å². The van der Waals surface area contributed by atoms with E-state index < -0.39 is 11.5 Å². The number of carbonyl (C=O) groups excluding carboxylic acids is 2. The molecule has 158 valence electrons. The second-order valence-corrected chi connectivity index (χ2v) is 8.04. The number of ether oxygens (including phenoxy) is 1. The molecule has 5 nitrogen and oxygen atoms in total. The molecule has 31 heavy (non-hydrogen) atoms. The van der Waals surface area contributed by atoms with E-state index in [-0.39, 0.29) is 25.4 Å². The minimum Gasteiger partial charge on any atom is -0.492 e. The van der Waals surface area contributed by atoms with Crippen LogP contribution in [0.4, 0.5) is 5.69 Å². The molecular formula is C25H22ClNO4. The number of ketones is 1. The summed E-state index contributed by atoms with van der Waals surface area (Å²) in [6.45, 7) is 2.39. The van der Waals surface area contributed by atoms with E-state index in [1.54, 1.807) is 60.7 Å². The predicted octanol–water partition coefficient (Wildman–Crippen LogP) is 4.53. The van der Waals surface area contributed by atoms with Crippen molar-refractivity contribution in [3.05, 3.63) is 94.5 Å². The maximum atomic E-state index is 13.2. The van der Waals surface area contributed by atoms with Crippen molar-refractivity contribution in [1.82, 2.24) is 0 Å². The van der Waals surface area contributed by atoms with Crippen LogP contribution in [-0.4, -0.2) is 29.9 Å². The summed E-state index contributed by atoms with van der Waals surface area (Å²) in [6.07, 6.45) is -0.319. The highest BCUT2D eigenvalue weighted by molar-refractivity contribution is 6.30. The lowest BCUT2D eigenvalue weighted by Gasteiger charge is -2.23. The fourth-order valence-corrected chi connectivity index (χ4v) is 3.88. The van der Waals surface area contributed by atoms with Gasteiger partial charge in [0.1, 0.15) is 12.4 Å². The van der Waals surface area contributed by atoms with Crippen molar-refractivity contribution >= 4 is 29.0 Å². The average Bonchev–Trinajstić information content (AvgIpc) is 2.97. The molecule has 1 amide bonds. The zero-order chi connectivity index (χ0) is 22.0. The van der Waals surface area contributed by atoms with Crippen LogP contribution in [0.1, 0.15) is 27.9 Å². The number of benzene rings is 3. The minimum absolute atomic E-state index is 0.226. The van der Waals surface area contributed by atoms with Gasteiger partial charge in [0.25, 0.3) is 5.91 Å². The average molecular weight is 436 g/mol. The van der Waals surface area contributed by atoms with Gasteiger partial charge >= 0.3 is 0 Å². The summed E-state index contributed by atoms with van der Waals surface area (Å²) in [6, 6.07) is 21.0. The van der Waals surface area contributed by atoms with E-state index in [1.165, 1.54) is 4.90 Å². The van der Waals surface area contributed by atoms with Crippen LogP contribution in [0.15, 0.2) is 72.8 Å². The smallest absolute Gasteiger partial charge is 0.264 e. The molecule has 0 bridgehead atoms. The SMILES string of the molecule is Cc1ccc(C(=O)CC2(O)C(=O)N(CCOc3ccc(Cl)cc3)c3ccccc32)cc1. The Morgan fingerprint density at radius 2 is 1.71 bits per heavy atom. The molecule has 1 heterocycles. The van der Waals surface area contributed by atoms with Gasteiger partial charge in [-0.1, -0.05) is 59.6 Å². The molecule has 3 aromatic carbocycles. The molecule has 1 aliphatic heterocycles. The number of hydrogen-bond donors (Lipinski definition) is 1. The third-order valence-corrected chi connectivity index (χ3v) is 5.68. The summed E-state index contributed by atoms with van der Waals surface area (Å²) in [5.74, 6) is -0.173. The quantitative estimate of drug-likeness (QED) is 0.553. The minimum atomic E-state index is -1.90. The maximum Gasteiger partial charge on any atom is 0.264 e. The van der Waals surface area contributed by atoms with Crippen LogP contribution in [0.2, 0.25) is 5.02 Å². The van der Waals surface area contributed by atoms with E-state index >= 15 is 0 Å². The first kappa shape index (κ1) is 21.1. The fourth-order valence-electron chi connectivity index (χ4n) is 3.76. The van der Waals surface area contributed by atoms with Crippen molar-refractivity contribution in [1.29, 1.82) is 0 Å². The number of Topliss-reactive ketones (excluding diaryl/α,β-unsaturated/α-hetero) is 1. The van der Waals surface area contributed by atoms with Crippen LogP contribution in [0.25, 0.3) is 0 Å². The molecule has 0 aromatic heterocycles. The Labute approximate surface area is 185 Å². The van der Waals surface area contributed by atoms with Crippen LogP contribution in [0.5, 0.6) is 5.75 Å². The molecular weight excluding hydrogens is 414 g/mol. The lowest BCUT2D eigenvalue weighted by molar-refractivity contribution is -0.135. The number of rotatable bonds is 7. The summed E-state index contributed by atoms with van der Waals surface area (Å²) in [5.41, 5.74) is 0.621. The van der Waals surface area contributed by atoms with Gasteiger partial charge in [0, 0.05) is 16.1 Å². The molecule has 1 N–H and O–H groups in total. The van der Waals surface area contributed by atoms with Crippen LogP contribution in [0, 0.1) is 6.92 Å². The number of amides is 1. The Kier molecular flexibility index (Phi) is 5.81. The summed E-state index contributed by atoms with van der Waals surface area (Å²) >= 11 is 5.89. The molecule has 6 heteroatoms. The Morgan fingerprint density at radius 3 is 2.42 bits per heavy atom. The Bertz CT molecular complexity index is 1110. The standard InChI is InChI=1S/C25H22ClNO4/c1-17-6-8-18(9-7-17)23(28)16-25(30)21-4-2-3-5-22(21)27(24(25)29)14-15-31-20-12-10-19(26)11-13-20/h2-13,30H,14-16H2,1H3. The number of nitrogens with zero attached hydrogens (tertiary/aromatic N) is 1. The first-order valence-electron chi connectivity index (χ1n) is 10.0. The van der Waals surface area contributed by atoms with Crippen molar-refractivity contribution in [2.24, 2.45) is 0 Å². The number of halogens is 1. The van der Waals surface area contributed by atoms with E-state index in [0.29, 0.717) is 27.6 Å². The number of hydrogen-bond acceptors (Lipinski definition) is 4. The molecule has 3 aromatic rings. The van der Waals surface area contributed by atoms with Gasteiger partial charge < -0.3 is 14.7 Å². The van der Waals surface area contributed by atoms with Gasteiger partial charge in [-0.15, -0.1) is 0 Å². The third-order valence-electron chi connectivity index (χ3n) is 5.43. The normalized spacial score (nSPS) is 17.5. The lowest BCUT2D eigenvalue weighted by Crippen LogP contribution is -2.43. The molecule has 0 fully saturated rings. The highest BCUT2D eigenvalue weighted by Crippen LogP contribution is 2.42. The van der Waals surface area contributed by atoms with Crippen molar-refractivity contribution in [3.8, 4) is 5.75 Å². The number of aliphatic hydroxyl groups is 1. The molecule has 1 aliphatic rings. The zero-order valence-electron chi connectivity index (χ0n) is 17.0. The van der Waals surface area contributed by atoms with Crippen LogP contribution >= 0.6 is 11.6 Å². The van der Waals surface area contributed by atoms with Gasteiger partial charge in [-0.05, 0) is 37.3 Å². The predicted molar refractivity (Wildman–Crippen MR) is 120 cm³/mol. The van der Waals surface area contributed by atoms with Gasteiger partial charge in [-0.2, -0.15) is 0 Å². The zero-order valence-corrected chi connectivity index (χ0v) is 17.8. The highest BCUT2D eigenvalue weighted by Gasteiger charge is 2.50. The summed E-state index contributed by atoms with van der Waals surface area (Å²) in [5, 5.41) is 12.0. The second-order valence-electron chi connectivity index (χ2n) is 7.60. The first-order chi connectivity index (χ1) is 14.9. The molecule has 0 saturated heterocycles. The second kappa shape index (κ2) is 8.53. The largest absolute Gasteiger partial charge is 0.492 e. The van der Waals surface area contributed by atoms with E-state index in [4.69, 9.17) is 16.3 Å². The van der Waals surface area contributed by atoms with Crippen LogP contribution < -0.4 is 9.64 Å². The molecule has 1 unspecified atom stereocenters. The Hall–Kier alpha value is -3.15.